The van der Waals surface area contributed by atoms with Crippen molar-refractivity contribution in [2.45, 2.75) is 18.9 Å². The van der Waals surface area contributed by atoms with Crippen LogP contribution in [0.25, 0.3) is 0 Å². The highest BCUT2D eigenvalue weighted by molar-refractivity contribution is 5.70. The maximum Gasteiger partial charge on any atom is 0.307 e. The van der Waals surface area contributed by atoms with Crippen molar-refractivity contribution in [2.75, 3.05) is 13.1 Å². The average Bonchev–Trinajstić information content (AvgIpc) is 3.03. The molecule has 1 aliphatic rings. The van der Waals surface area contributed by atoms with Crippen molar-refractivity contribution in [2.24, 2.45) is 5.92 Å². The van der Waals surface area contributed by atoms with Crippen molar-refractivity contribution in [3.63, 3.8) is 0 Å². The summed E-state index contributed by atoms with van der Waals surface area (Å²) in [4.78, 5) is 17.5. The van der Waals surface area contributed by atoms with Crippen LogP contribution in [0.4, 0.5) is 0 Å². The smallest absolute Gasteiger partial charge is 0.307 e. The fourth-order valence-electron chi connectivity index (χ4n) is 2.99. The van der Waals surface area contributed by atoms with Gasteiger partial charge in [0.05, 0.1) is 18.2 Å². The van der Waals surface area contributed by atoms with Crippen LogP contribution in [0.5, 0.6) is 0 Å². The highest BCUT2D eigenvalue weighted by Gasteiger charge is 2.32. The third kappa shape index (κ3) is 2.97. The molecule has 5 heteroatoms. The molecule has 2 atom stereocenters. The minimum Gasteiger partial charge on any atom is -0.481 e. The van der Waals surface area contributed by atoms with Crippen LogP contribution in [0.1, 0.15) is 30.2 Å². The largest absolute Gasteiger partial charge is 0.481 e. The number of hydrogen-bond donors (Lipinski definition) is 1. The normalized spacial score (nSPS) is 21.0. The molecule has 0 amide bonds. The minimum absolute atomic E-state index is 0.0508. The summed E-state index contributed by atoms with van der Waals surface area (Å²) < 4.78 is 5.59. The number of pyridine rings is 1. The zero-order valence-electron chi connectivity index (χ0n) is 11.7. The van der Waals surface area contributed by atoms with Gasteiger partial charge < -0.3 is 9.52 Å². The first kappa shape index (κ1) is 13.8. The van der Waals surface area contributed by atoms with Gasteiger partial charge in [-0.2, -0.15) is 0 Å². The van der Waals surface area contributed by atoms with Crippen molar-refractivity contribution in [3.8, 4) is 0 Å². The summed E-state index contributed by atoms with van der Waals surface area (Å²) in [5.74, 6) is -0.182. The predicted molar refractivity (Wildman–Crippen MR) is 76.7 cm³/mol. The van der Waals surface area contributed by atoms with Gasteiger partial charge in [-0.25, -0.2) is 0 Å². The molecule has 0 bridgehead atoms. The van der Waals surface area contributed by atoms with Gasteiger partial charge in [-0.1, -0.05) is 0 Å². The molecule has 2 unspecified atom stereocenters. The molecule has 0 saturated carbocycles. The van der Waals surface area contributed by atoms with E-state index in [-0.39, 0.29) is 12.0 Å². The molecule has 110 valence electrons. The zero-order valence-corrected chi connectivity index (χ0v) is 11.7. The van der Waals surface area contributed by atoms with Gasteiger partial charge in [0.25, 0.3) is 0 Å². The van der Waals surface area contributed by atoms with Crippen LogP contribution < -0.4 is 0 Å². The van der Waals surface area contributed by atoms with Crippen LogP contribution in [0, 0.1) is 5.92 Å². The molecule has 3 rings (SSSR count). The molecule has 0 aliphatic carbocycles. The zero-order chi connectivity index (χ0) is 14.7. The summed E-state index contributed by atoms with van der Waals surface area (Å²) in [5, 5.41) is 9.28. The van der Waals surface area contributed by atoms with Crippen molar-refractivity contribution in [1.29, 1.82) is 0 Å². The monoisotopic (exact) mass is 286 g/mol. The molecule has 2 aromatic heterocycles. The summed E-state index contributed by atoms with van der Waals surface area (Å²) in [5.41, 5.74) is 1.07. The lowest BCUT2D eigenvalue weighted by Gasteiger charge is -2.36. The van der Waals surface area contributed by atoms with Crippen LogP contribution >= 0.6 is 0 Å². The molecular weight excluding hydrogens is 268 g/mol. The molecule has 0 spiro atoms. The Morgan fingerprint density at radius 2 is 2.19 bits per heavy atom. The Labute approximate surface area is 123 Å². The van der Waals surface area contributed by atoms with E-state index >= 15 is 0 Å². The third-order valence-electron chi connectivity index (χ3n) is 4.00. The van der Waals surface area contributed by atoms with Crippen LogP contribution in [0.3, 0.4) is 0 Å². The Morgan fingerprint density at radius 3 is 2.86 bits per heavy atom. The van der Waals surface area contributed by atoms with E-state index in [1.54, 1.807) is 18.7 Å². The third-order valence-corrected chi connectivity index (χ3v) is 4.00. The fraction of sp³-hybridized carbons (Fsp3) is 0.375. The summed E-state index contributed by atoms with van der Waals surface area (Å²) in [6.45, 7) is 1.42. The van der Waals surface area contributed by atoms with Gasteiger partial charge in [0.1, 0.15) is 5.76 Å². The van der Waals surface area contributed by atoms with Crippen LogP contribution in [0.15, 0.2) is 47.3 Å². The number of rotatable bonds is 4. The lowest BCUT2D eigenvalue weighted by molar-refractivity contribution is -0.143. The molecular formula is C16H18N2O3. The summed E-state index contributed by atoms with van der Waals surface area (Å²) in [6, 6.07) is 7.66. The molecule has 1 saturated heterocycles. The molecule has 2 aromatic rings. The standard InChI is InChI=1S/C16H18N2O3/c19-16(20)13-3-1-9-18(11-13)15(14-4-2-10-21-14)12-5-7-17-8-6-12/h2,4-8,10,13,15H,1,3,9,11H2,(H,19,20). The lowest BCUT2D eigenvalue weighted by Crippen LogP contribution is -2.41. The van der Waals surface area contributed by atoms with Gasteiger partial charge in [-0.3, -0.25) is 14.7 Å². The Morgan fingerprint density at radius 1 is 1.38 bits per heavy atom. The second-order valence-corrected chi connectivity index (χ2v) is 5.37. The van der Waals surface area contributed by atoms with Gasteiger partial charge in [0, 0.05) is 18.9 Å². The number of aliphatic carboxylic acids is 1. The highest BCUT2D eigenvalue weighted by Crippen LogP contribution is 2.32. The van der Waals surface area contributed by atoms with Crippen LogP contribution in [-0.4, -0.2) is 34.0 Å². The van der Waals surface area contributed by atoms with Gasteiger partial charge >= 0.3 is 5.97 Å². The molecule has 5 nitrogen and oxygen atoms in total. The number of piperidine rings is 1. The highest BCUT2D eigenvalue weighted by atomic mass is 16.4. The first-order valence-corrected chi connectivity index (χ1v) is 7.16. The first-order chi connectivity index (χ1) is 10.3. The number of carboxylic acid groups (broad SMARTS) is 1. The molecule has 1 fully saturated rings. The number of furan rings is 1. The Hall–Kier alpha value is -2.14. The second kappa shape index (κ2) is 6.10. The Bertz CT molecular complexity index is 583. The summed E-state index contributed by atoms with van der Waals surface area (Å²) in [7, 11) is 0. The number of likely N-dealkylation sites (tertiary alicyclic amines) is 1. The van der Waals surface area contributed by atoms with Crippen molar-refractivity contribution in [1.82, 2.24) is 9.88 Å². The summed E-state index contributed by atoms with van der Waals surface area (Å²) >= 11 is 0. The quantitative estimate of drug-likeness (QED) is 0.935. The average molecular weight is 286 g/mol. The molecule has 1 aliphatic heterocycles. The lowest BCUT2D eigenvalue weighted by atomic mass is 9.94. The van der Waals surface area contributed by atoms with Crippen molar-refractivity contribution < 1.29 is 14.3 Å². The Kier molecular flexibility index (Phi) is 4.01. The van der Waals surface area contributed by atoms with Crippen molar-refractivity contribution >= 4 is 5.97 Å². The molecule has 21 heavy (non-hydrogen) atoms. The Balaban J connectivity index is 1.91. The fourth-order valence-corrected chi connectivity index (χ4v) is 2.99. The van der Waals surface area contributed by atoms with Crippen LogP contribution in [0.2, 0.25) is 0 Å². The van der Waals surface area contributed by atoms with Crippen LogP contribution in [-0.2, 0) is 4.79 Å². The second-order valence-electron chi connectivity index (χ2n) is 5.37. The van der Waals surface area contributed by atoms with E-state index in [4.69, 9.17) is 4.42 Å². The molecule has 1 N–H and O–H groups in total. The van der Waals surface area contributed by atoms with E-state index in [0.29, 0.717) is 6.54 Å². The SMILES string of the molecule is O=C(O)C1CCCN(C(c2ccncc2)c2ccco2)C1. The number of carboxylic acids is 1. The van der Waals surface area contributed by atoms with Crippen molar-refractivity contribution in [3.05, 3.63) is 54.2 Å². The van der Waals surface area contributed by atoms with E-state index in [1.165, 1.54) is 0 Å². The van der Waals surface area contributed by atoms with Gasteiger partial charge in [0.2, 0.25) is 0 Å². The molecule has 3 heterocycles. The number of carbonyl (C=O) groups is 1. The van der Waals surface area contributed by atoms with E-state index in [9.17, 15) is 9.90 Å². The van der Waals surface area contributed by atoms with Gasteiger partial charge in [0.15, 0.2) is 0 Å². The number of aromatic nitrogens is 1. The van der Waals surface area contributed by atoms with E-state index in [0.717, 1.165) is 30.7 Å². The van der Waals surface area contributed by atoms with E-state index in [2.05, 4.69) is 9.88 Å². The first-order valence-electron chi connectivity index (χ1n) is 7.16. The topological polar surface area (TPSA) is 66.6 Å². The minimum atomic E-state index is -0.715. The maximum absolute atomic E-state index is 11.3. The molecule has 0 radical (unpaired) electrons. The van der Waals surface area contributed by atoms with Gasteiger partial charge in [-0.15, -0.1) is 0 Å². The number of hydrogen-bond acceptors (Lipinski definition) is 4. The number of nitrogens with zero attached hydrogens (tertiary/aromatic N) is 2. The van der Waals surface area contributed by atoms with Gasteiger partial charge in [-0.05, 0) is 49.2 Å². The predicted octanol–water partition coefficient (Wildman–Crippen LogP) is 2.56. The summed E-state index contributed by atoms with van der Waals surface area (Å²) in [6.07, 6.45) is 6.79. The maximum atomic E-state index is 11.3. The van der Waals surface area contributed by atoms with E-state index in [1.807, 2.05) is 24.3 Å². The molecule has 0 aromatic carbocycles. The van der Waals surface area contributed by atoms with E-state index < -0.39 is 5.97 Å².